The number of carbonyl (C=O) groups excluding carboxylic acids is 2. The van der Waals surface area contributed by atoms with Crippen molar-refractivity contribution in [2.75, 3.05) is 18.5 Å². The summed E-state index contributed by atoms with van der Waals surface area (Å²) in [6.07, 6.45) is -0.678. The highest BCUT2D eigenvalue weighted by atomic mass is 16.6. The van der Waals surface area contributed by atoms with E-state index in [4.69, 9.17) is 9.26 Å². The van der Waals surface area contributed by atoms with Gasteiger partial charge >= 0.3 is 12.0 Å². The van der Waals surface area contributed by atoms with Gasteiger partial charge in [0.2, 0.25) is 6.23 Å². The molecule has 1 aromatic rings. The summed E-state index contributed by atoms with van der Waals surface area (Å²) < 4.78 is 10.4. The second kappa shape index (κ2) is 4.81. The number of ether oxygens (including phenoxy) is 1. The third-order valence-electron chi connectivity index (χ3n) is 3.04. The fourth-order valence-electron chi connectivity index (χ4n) is 1.96. The lowest BCUT2D eigenvalue weighted by atomic mass is 9.93. The zero-order valence-corrected chi connectivity index (χ0v) is 12.3. The van der Waals surface area contributed by atoms with E-state index in [-0.39, 0.29) is 11.4 Å². The second-order valence-corrected chi connectivity index (χ2v) is 5.90. The molecule has 1 aliphatic heterocycles. The minimum atomic E-state index is -0.678. The van der Waals surface area contributed by atoms with Crippen LogP contribution >= 0.6 is 0 Å². The van der Waals surface area contributed by atoms with Crippen molar-refractivity contribution < 1.29 is 18.8 Å². The largest absolute Gasteiger partial charge is 0.439 e. The number of nitrogens with zero attached hydrogens (tertiary/aromatic N) is 3. The van der Waals surface area contributed by atoms with Gasteiger partial charge in [-0.1, -0.05) is 25.9 Å². The molecule has 2 rings (SSSR count). The van der Waals surface area contributed by atoms with E-state index < -0.39 is 12.2 Å². The van der Waals surface area contributed by atoms with Gasteiger partial charge in [-0.3, -0.25) is 4.79 Å². The topological polar surface area (TPSA) is 75.9 Å². The fraction of sp³-hybridized carbons (Fsp3) is 0.615. The highest BCUT2D eigenvalue weighted by Gasteiger charge is 2.40. The molecule has 110 valence electrons. The molecule has 2 heterocycles. The molecule has 20 heavy (non-hydrogen) atoms. The first-order valence-electron chi connectivity index (χ1n) is 6.39. The zero-order chi connectivity index (χ0) is 15.1. The Morgan fingerprint density at radius 2 is 2.15 bits per heavy atom. The van der Waals surface area contributed by atoms with E-state index >= 15 is 0 Å². The lowest BCUT2D eigenvalue weighted by Gasteiger charge is -2.19. The van der Waals surface area contributed by atoms with Crippen molar-refractivity contribution in [1.82, 2.24) is 10.1 Å². The van der Waals surface area contributed by atoms with Crippen LogP contribution in [0.4, 0.5) is 10.6 Å². The third-order valence-corrected chi connectivity index (χ3v) is 3.04. The van der Waals surface area contributed by atoms with Gasteiger partial charge in [0.05, 0.1) is 6.54 Å². The average molecular weight is 281 g/mol. The molecule has 7 nitrogen and oxygen atoms in total. The molecule has 0 N–H and O–H groups in total. The Kier molecular flexibility index (Phi) is 3.45. The Balaban J connectivity index is 2.30. The molecule has 0 saturated carbocycles. The van der Waals surface area contributed by atoms with Crippen LogP contribution in [0.2, 0.25) is 0 Å². The first-order chi connectivity index (χ1) is 9.20. The molecule has 1 saturated heterocycles. The molecule has 0 spiro atoms. The predicted octanol–water partition coefficient (Wildman–Crippen LogP) is 1.73. The summed E-state index contributed by atoms with van der Waals surface area (Å²) in [7, 11) is 1.64. The summed E-state index contributed by atoms with van der Waals surface area (Å²) in [4.78, 5) is 26.1. The lowest BCUT2D eigenvalue weighted by molar-refractivity contribution is -0.145. The van der Waals surface area contributed by atoms with Crippen molar-refractivity contribution in [2.45, 2.75) is 39.3 Å². The highest BCUT2D eigenvalue weighted by molar-refractivity contribution is 5.93. The van der Waals surface area contributed by atoms with Crippen LogP contribution in [0, 0.1) is 0 Å². The van der Waals surface area contributed by atoms with Gasteiger partial charge in [-0.15, -0.1) is 0 Å². The number of likely N-dealkylation sites (N-methyl/N-ethyl adjacent to an activating group) is 1. The molecule has 1 atom stereocenters. The number of urea groups is 1. The molecule has 0 aliphatic carbocycles. The van der Waals surface area contributed by atoms with Gasteiger partial charge in [0.1, 0.15) is 5.76 Å². The van der Waals surface area contributed by atoms with Crippen molar-refractivity contribution in [2.24, 2.45) is 0 Å². The van der Waals surface area contributed by atoms with E-state index in [1.165, 1.54) is 16.7 Å². The van der Waals surface area contributed by atoms with Crippen molar-refractivity contribution >= 4 is 17.8 Å². The number of anilines is 1. The summed E-state index contributed by atoms with van der Waals surface area (Å²) >= 11 is 0. The van der Waals surface area contributed by atoms with Crippen LogP contribution in [0.5, 0.6) is 0 Å². The van der Waals surface area contributed by atoms with Gasteiger partial charge in [0.25, 0.3) is 0 Å². The molecular formula is C13H19N3O4. The highest BCUT2D eigenvalue weighted by Crippen LogP contribution is 2.29. The number of rotatable bonds is 2. The molecule has 0 bridgehead atoms. The van der Waals surface area contributed by atoms with Gasteiger partial charge in [-0.05, 0) is 0 Å². The number of aromatic nitrogens is 1. The maximum absolute atomic E-state index is 12.1. The Bertz CT molecular complexity index is 532. The summed E-state index contributed by atoms with van der Waals surface area (Å²) in [6, 6.07) is 1.43. The van der Waals surface area contributed by atoms with Crippen molar-refractivity contribution in [3.05, 3.63) is 11.8 Å². The maximum Gasteiger partial charge on any atom is 0.328 e. The van der Waals surface area contributed by atoms with Gasteiger partial charge in [-0.2, -0.15) is 0 Å². The molecule has 1 aliphatic rings. The smallest absolute Gasteiger partial charge is 0.328 e. The van der Waals surface area contributed by atoms with Crippen LogP contribution < -0.4 is 4.90 Å². The maximum atomic E-state index is 12.1. The SMILES string of the molecule is CC(=O)OC1CN(C)C(=O)N1c1cc(C(C)(C)C)on1. The molecule has 1 fully saturated rings. The Morgan fingerprint density at radius 1 is 1.50 bits per heavy atom. The monoisotopic (exact) mass is 281 g/mol. The molecule has 1 unspecified atom stereocenters. The minimum absolute atomic E-state index is 0.211. The lowest BCUT2D eigenvalue weighted by Crippen LogP contribution is -2.37. The van der Waals surface area contributed by atoms with Crippen LogP contribution in [-0.2, 0) is 14.9 Å². The fourth-order valence-corrected chi connectivity index (χ4v) is 1.96. The van der Waals surface area contributed by atoms with E-state index in [1.807, 2.05) is 20.8 Å². The molecule has 2 amide bonds. The summed E-state index contributed by atoms with van der Waals surface area (Å²) in [6.45, 7) is 7.57. The molecule has 7 heteroatoms. The van der Waals surface area contributed by atoms with Crippen molar-refractivity contribution in [3.63, 3.8) is 0 Å². The van der Waals surface area contributed by atoms with Crippen LogP contribution in [-0.4, -0.2) is 41.9 Å². The standard InChI is InChI=1S/C13H19N3O4/c1-8(17)19-11-7-15(5)12(18)16(11)10-6-9(20-14-10)13(2,3)4/h6,11H,7H2,1-5H3. The summed E-state index contributed by atoms with van der Waals surface area (Å²) in [5, 5.41) is 3.92. The molecule has 0 radical (unpaired) electrons. The van der Waals surface area contributed by atoms with Crippen molar-refractivity contribution in [3.8, 4) is 0 Å². The first-order valence-corrected chi connectivity index (χ1v) is 6.39. The number of carbonyl (C=O) groups is 2. The Labute approximate surface area is 117 Å². The Hall–Kier alpha value is -2.05. The van der Waals surface area contributed by atoms with E-state index in [1.54, 1.807) is 13.1 Å². The first kappa shape index (κ1) is 14.4. The second-order valence-electron chi connectivity index (χ2n) is 5.90. The van der Waals surface area contributed by atoms with Gasteiger partial charge in [-0.25, -0.2) is 9.69 Å². The van der Waals surface area contributed by atoms with E-state index in [2.05, 4.69) is 5.16 Å². The molecular weight excluding hydrogens is 262 g/mol. The van der Waals surface area contributed by atoms with Crippen LogP contribution in [0.15, 0.2) is 10.6 Å². The zero-order valence-electron chi connectivity index (χ0n) is 12.3. The van der Waals surface area contributed by atoms with E-state index in [0.717, 1.165) is 0 Å². The summed E-state index contributed by atoms with van der Waals surface area (Å²) in [5.41, 5.74) is -0.211. The van der Waals surface area contributed by atoms with Crippen molar-refractivity contribution in [1.29, 1.82) is 0 Å². The number of hydrogen-bond acceptors (Lipinski definition) is 5. The Morgan fingerprint density at radius 3 is 2.65 bits per heavy atom. The van der Waals surface area contributed by atoms with Crippen LogP contribution in [0.1, 0.15) is 33.5 Å². The number of hydrogen-bond donors (Lipinski definition) is 0. The normalized spacial score (nSPS) is 19.6. The third kappa shape index (κ3) is 2.61. The molecule has 1 aromatic heterocycles. The quantitative estimate of drug-likeness (QED) is 0.772. The number of amides is 2. The summed E-state index contributed by atoms with van der Waals surface area (Å²) in [5.74, 6) is 0.578. The minimum Gasteiger partial charge on any atom is -0.439 e. The number of esters is 1. The van der Waals surface area contributed by atoms with E-state index in [9.17, 15) is 9.59 Å². The van der Waals surface area contributed by atoms with Crippen LogP contribution in [0.25, 0.3) is 0 Å². The van der Waals surface area contributed by atoms with Gasteiger partial charge in [0, 0.05) is 25.5 Å². The average Bonchev–Trinajstić information content (AvgIpc) is 2.84. The van der Waals surface area contributed by atoms with Crippen LogP contribution in [0.3, 0.4) is 0 Å². The molecule has 0 aromatic carbocycles. The van der Waals surface area contributed by atoms with Gasteiger partial charge in [0.15, 0.2) is 5.82 Å². The van der Waals surface area contributed by atoms with Gasteiger partial charge < -0.3 is 14.2 Å². The predicted molar refractivity (Wildman–Crippen MR) is 71.3 cm³/mol. The van der Waals surface area contributed by atoms with E-state index in [0.29, 0.717) is 18.1 Å².